The molecule has 0 aliphatic rings. The summed E-state index contributed by atoms with van der Waals surface area (Å²) >= 11 is 0. The third-order valence-corrected chi connectivity index (χ3v) is 6.17. The number of carbonyl (C=O) groups is 1. The number of rotatable bonds is 12. The Morgan fingerprint density at radius 3 is 2.44 bits per heavy atom. The van der Waals surface area contributed by atoms with E-state index in [1.807, 2.05) is 6.92 Å². The first-order valence-electron chi connectivity index (χ1n) is 12.4. The number of likely N-dealkylation sites (N-methyl/N-ethyl adjacent to an activating group) is 1. The molecule has 12 heteroatoms. The lowest BCUT2D eigenvalue weighted by Crippen LogP contribution is -2.26. The number of alkyl halides is 3. The van der Waals surface area contributed by atoms with Crippen LogP contribution in [0.1, 0.15) is 51.8 Å². The SMILES string of the molecule is CCCc1nc(-c2cc(N)c(F)c(C)c2C(F)(F)F)c(F)c(NCc2ccc(C=O)nc2)c1CNCCNC. The van der Waals surface area contributed by atoms with E-state index in [4.69, 9.17) is 5.73 Å². The van der Waals surface area contributed by atoms with Crippen LogP contribution in [0, 0.1) is 18.6 Å². The quantitative estimate of drug-likeness (QED) is 0.109. The van der Waals surface area contributed by atoms with Crippen molar-refractivity contribution in [1.82, 2.24) is 20.6 Å². The second-order valence-corrected chi connectivity index (χ2v) is 8.99. The second-order valence-electron chi connectivity index (χ2n) is 8.99. The van der Waals surface area contributed by atoms with Crippen LogP contribution in [0.25, 0.3) is 11.3 Å². The Morgan fingerprint density at radius 1 is 1.10 bits per heavy atom. The Kier molecular flexibility index (Phi) is 9.92. The fraction of sp³-hybridized carbons (Fsp3) is 0.370. The van der Waals surface area contributed by atoms with Gasteiger partial charge in [-0.15, -0.1) is 0 Å². The molecular weight excluding hydrogens is 519 g/mol. The zero-order valence-corrected chi connectivity index (χ0v) is 21.9. The summed E-state index contributed by atoms with van der Waals surface area (Å²) in [5.74, 6) is -2.23. The van der Waals surface area contributed by atoms with Crippen LogP contribution in [0.3, 0.4) is 0 Å². The third-order valence-electron chi connectivity index (χ3n) is 6.17. The van der Waals surface area contributed by atoms with Crippen molar-refractivity contribution in [2.45, 2.75) is 46.0 Å². The molecule has 7 nitrogen and oxygen atoms in total. The van der Waals surface area contributed by atoms with Gasteiger partial charge in [0.25, 0.3) is 0 Å². The third kappa shape index (κ3) is 6.87. The molecule has 0 bridgehead atoms. The van der Waals surface area contributed by atoms with Crippen molar-refractivity contribution < 1.29 is 26.7 Å². The maximum atomic E-state index is 16.2. The van der Waals surface area contributed by atoms with Crippen LogP contribution in [0.15, 0.2) is 24.4 Å². The fourth-order valence-corrected chi connectivity index (χ4v) is 4.24. The number of nitrogen functional groups attached to an aromatic ring is 1. The van der Waals surface area contributed by atoms with Gasteiger partial charge in [-0.1, -0.05) is 19.4 Å². The average molecular weight is 551 g/mol. The number of nitrogens with zero attached hydrogens (tertiary/aromatic N) is 2. The van der Waals surface area contributed by atoms with E-state index in [1.54, 1.807) is 13.1 Å². The molecule has 0 spiro atoms. The van der Waals surface area contributed by atoms with Crippen molar-refractivity contribution in [1.29, 1.82) is 0 Å². The number of nitrogens with two attached hydrogens (primary N) is 1. The van der Waals surface area contributed by atoms with Gasteiger partial charge in [0.15, 0.2) is 12.1 Å². The minimum absolute atomic E-state index is 0.0338. The molecule has 0 fully saturated rings. The molecule has 0 atom stereocenters. The van der Waals surface area contributed by atoms with Crippen molar-refractivity contribution in [3.05, 3.63) is 69.7 Å². The molecule has 5 N–H and O–H groups in total. The van der Waals surface area contributed by atoms with E-state index < -0.39 is 45.9 Å². The highest BCUT2D eigenvalue weighted by Gasteiger charge is 2.39. The molecule has 2 aromatic heterocycles. The van der Waals surface area contributed by atoms with Gasteiger partial charge in [-0.3, -0.25) is 9.78 Å². The highest BCUT2D eigenvalue weighted by molar-refractivity contribution is 5.76. The summed E-state index contributed by atoms with van der Waals surface area (Å²) < 4.78 is 73.0. The van der Waals surface area contributed by atoms with E-state index in [1.165, 1.54) is 12.3 Å². The van der Waals surface area contributed by atoms with Crippen LogP contribution >= 0.6 is 0 Å². The number of aromatic nitrogens is 2. The lowest BCUT2D eigenvalue weighted by atomic mass is 9.94. The predicted octanol–water partition coefficient (Wildman–Crippen LogP) is 5.02. The topological polar surface area (TPSA) is 105 Å². The van der Waals surface area contributed by atoms with E-state index in [0.29, 0.717) is 49.0 Å². The molecule has 3 aromatic rings. The Hall–Kier alpha value is -3.64. The molecule has 0 unspecified atom stereocenters. The van der Waals surface area contributed by atoms with Crippen molar-refractivity contribution in [2.24, 2.45) is 0 Å². The molecule has 0 aliphatic carbocycles. The van der Waals surface area contributed by atoms with Gasteiger partial charge in [-0.05, 0) is 43.7 Å². The molecule has 210 valence electrons. The van der Waals surface area contributed by atoms with E-state index >= 15 is 4.39 Å². The van der Waals surface area contributed by atoms with Gasteiger partial charge in [0.2, 0.25) is 0 Å². The van der Waals surface area contributed by atoms with Gasteiger partial charge in [0, 0.05) is 49.2 Å². The Labute approximate surface area is 223 Å². The number of aldehydes is 1. The maximum absolute atomic E-state index is 16.2. The van der Waals surface area contributed by atoms with Gasteiger partial charge < -0.3 is 21.7 Å². The summed E-state index contributed by atoms with van der Waals surface area (Å²) in [6.45, 7) is 4.28. The molecule has 2 heterocycles. The Morgan fingerprint density at radius 2 is 1.85 bits per heavy atom. The van der Waals surface area contributed by atoms with Gasteiger partial charge in [0.05, 0.1) is 16.9 Å². The Bertz CT molecular complexity index is 1310. The standard InChI is InChI=1S/C27H31F5N6O/c1-4-5-21-19(13-35-9-8-34-3)25(37-12-16-6-7-17(14-39)36-11-16)24(29)26(38-21)18-10-20(33)23(28)15(2)22(18)27(30,31)32/h6-7,10-11,14,34-35H,4-5,8-9,12-13,33H2,1-3H3,(H,37,38). The van der Waals surface area contributed by atoms with E-state index in [2.05, 4.69) is 25.9 Å². The van der Waals surface area contributed by atoms with E-state index in [0.717, 1.165) is 13.0 Å². The second kappa shape index (κ2) is 12.9. The van der Waals surface area contributed by atoms with Crippen LogP contribution in [-0.2, 0) is 25.7 Å². The lowest BCUT2D eigenvalue weighted by molar-refractivity contribution is -0.137. The number of carbonyl (C=O) groups excluding carboxylic acids is 1. The maximum Gasteiger partial charge on any atom is 0.417 e. The van der Waals surface area contributed by atoms with Gasteiger partial charge in [-0.2, -0.15) is 13.2 Å². The zero-order chi connectivity index (χ0) is 28.7. The van der Waals surface area contributed by atoms with E-state index in [9.17, 15) is 22.4 Å². The molecule has 0 amide bonds. The first-order chi connectivity index (χ1) is 18.5. The molecule has 39 heavy (non-hydrogen) atoms. The van der Waals surface area contributed by atoms with Crippen LogP contribution in [0.4, 0.5) is 33.3 Å². The number of aryl methyl sites for hydroxylation is 1. The van der Waals surface area contributed by atoms with Crippen LogP contribution in [0.5, 0.6) is 0 Å². The molecule has 0 saturated heterocycles. The van der Waals surface area contributed by atoms with Gasteiger partial charge in [0.1, 0.15) is 17.2 Å². The summed E-state index contributed by atoms with van der Waals surface area (Å²) in [6.07, 6.45) is -2.00. The number of anilines is 2. The normalized spacial score (nSPS) is 11.6. The molecule has 3 rings (SSSR count). The number of pyridine rings is 2. The highest BCUT2D eigenvalue weighted by Crippen LogP contribution is 2.43. The lowest BCUT2D eigenvalue weighted by Gasteiger charge is -2.22. The van der Waals surface area contributed by atoms with Crippen LogP contribution < -0.4 is 21.7 Å². The van der Waals surface area contributed by atoms with Crippen molar-refractivity contribution in [2.75, 3.05) is 31.2 Å². The summed E-state index contributed by atoms with van der Waals surface area (Å²) in [7, 11) is 1.78. The number of benzene rings is 1. The van der Waals surface area contributed by atoms with Crippen LogP contribution in [0.2, 0.25) is 0 Å². The first-order valence-corrected chi connectivity index (χ1v) is 12.4. The smallest absolute Gasteiger partial charge is 0.396 e. The number of hydrogen-bond acceptors (Lipinski definition) is 7. The Balaban J connectivity index is 2.23. The fourth-order valence-electron chi connectivity index (χ4n) is 4.24. The molecule has 1 aromatic carbocycles. The predicted molar refractivity (Wildman–Crippen MR) is 140 cm³/mol. The summed E-state index contributed by atoms with van der Waals surface area (Å²) in [5, 5.41) is 9.18. The highest BCUT2D eigenvalue weighted by atomic mass is 19.4. The first kappa shape index (κ1) is 29.9. The number of halogens is 5. The van der Waals surface area contributed by atoms with Gasteiger partial charge in [-0.25, -0.2) is 13.8 Å². The monoisotopic (exact) mass is 550 g/mol. The number of nitrogens with one attached hydrogen (secondary N) is 3. The molecule has 0 aliphatic heterocycles. The summed E-state index contributed by atoms with van der Waals surface area (Å²) in [4.78, 5) is 19.3. The summed E-state index contributed by atoms with van der Waals surface area (Å²) in [6, 6.07) is 3.91. The number of hydrogen-bond donors (Lipinski definition) is 4. The van der Waals surface area contributed by atoms with Crippen molar-refractivity contribution in [3.63, 3.8) is 0 Å². The zero-order valence-electron chi connectivity index (χ0n) is 21.9. The molecule has 0 radical (unpaired) electrons. The largest absolute Gasteiger partial charge is 0.417 e. The van der Waals surface area contributed by atoms with Crippen molar-refractivity contribution >= 4 is 17.7 Å². The minimum Gasteiger partial charge on any atom is -0.396 e. The van der Waals surface area contributed by atoms with Crippen LogP contribution in [-0.4, -0.2) is 36.4 Å². The van der Waals surface area contributed by atoms with Gasteiger partial charge >= 0.3 is 6.18 Å². The van der Waals surface area contributed by atoms with E-state index in [-0.39, 0.29) is 24.5 Å². The average Bonchev–Trinajstić information content (AvgIpc) is 2.89. The molecule has 0 saturated carbocycles. The molecular formula is C27H31F5N6O. The minimum atomic E-state index is -4.99. The summed E-state index contributed by atoms with van der Waals surface area (Å²) in [5.41, 5.74) is 3.54. The van der Waals surface area contributed by atoms with Crippen molar-refractivity contribution in [3.8, 4) is 11.3 Å².